The molecule has 1 aromatic rings. The van der Waals surface area contributed by atoms with Gasteiger partial charge in [0.2, 0.25) is 0 Å². The SMILES string of the molecule is COC[C@H](CNC(=O)OC(C)(C)C)NC(=O)OCc1ccccc1. The largest absolute Gasteiger partial charge is 0.445 e. The van der Waals surface area contributed by atoms with Gasteiger partial charge in [0.05, 0.1) is 12.6 Å². The lowest BCUT2D eigenvalue weighted by molar-refractivity contribution is 0.0510. The Balaban J connectivity index is 2.38. The fourth-order valence-electron chi connectivity index (χ4n) is 1.80. The number of rotatable bonds is 7. The standard InChI is InChI=1S/C17H26N2O5/c1-17(2,3)24-15(20)18-10-14(12-22-4)19-16(21)23-11-13-8-6-5-7-9-13/h5-9,14H,10-12H2,1-4H3,(H,18,20)(H,19,21)/t14-/m0/s1. The molecule has 7 heteroatoms. The molecule has 1 aromatic carbocycles. The maximum absolute atomic E-state index is 11.8. The molecule has 2 amide bonds. The lowest BCUT2D eigenvalue weighted by Crippen LogP contribution is -2.47. The quantitative estimate of drug-likeness (QED) is 0.797. The topological polar surface area (TPSA) is 85.9 Å². The van der Waals surface area contributed by atoms with Crippen LogP contribution in [0, 0.1) is 0 Å². The van der Waals surface area contributed by atoms with E-state index in [1.165, 1.54) is 7.11 Å². The summed E-state index contributed by atoms with van der Waals surface area (Å²) in [6.07, 6.45) is -1.13. The number of carbonyl (C=O) groups is 2. The summed E-state index contributed by atoms with van der Waals surface area (Å²) in [5.41, 5.74) is 0.311. The molecule has 0 aromatic heterocycles. The lowest BCUT2D eigenvalue weighted by Gasteiger charge is -2.22. The maximum atomic E-state index is 11.8. The average molecular weight is 338 g/mol. The number of benzene rings is 1. The van der Waals surface area contributed by atoms with Gasteiger partial charge in [-0.15, -0.1) is 0 Å². The molecule has 0 spiro atoms. The molecule has 0 saturated heterocycles. The van der Waals surface area contributed by atoms with Crippen molar-refractivity contribution >= 4 is 12.2 Å². The molecule has 0 radical (unpaired) electrons. The summed E-state index contributed by atoms with van der Waals surface area (Å²) in [7, 11) is 1.51. The van der Waals surface area contributed by atoms with Gasteiger partial charge in [-0.1, -0.05) is 30.3 Å². The van der Waals surface area contributed by atoms with E-state index in [1.807, 2.05) is 30.3 Å². The van der Waals surface area contributed by atoms with E-state index >= 15 is 0 Å². The Morgan fingerprint density at radius 1 is 1.12 bits per heavy atom. The van der Waals surface area contributed by atoms with E-state index < -0.39 is 23.8 Å². The van der Waals surface area contributed by atoms with Crippen LogP contribution in [0.15, 0.2) is 30.3 Å². The molecule has 24 heavy (non-hydrogen) atoms. The first kappa shape index (κ1) is 19.8. The minimum atomic E-state index is -0.580. The van der Waals surface area contributed by atoms with Crippen molar-refractivity contribution < 1.29 is 23.8 Å². The molecular weight excluding hydrogens is 312 g/mol. The monoisotopic (exact) mass is 338 g/mol. The molecule has 0 aliphatic carbocycles. The van der Waals surface area contributed by atoms with Crippen LogP contribution < -0.4 is 10.6 Å². The van der Waals surface area contributed by atoms with Crippen LogP contribution in [0.1, 0.15) is 26.3 Å². The lowest BCUT2D eigenvalue weighted by atomic mass is 10.2. The van der Waals surface area contributed by atoms with Crippen molar-refractivity contribution in [3.05, 3.63) is 35.9 Å². The highest BCUT2D eigenvalue weighted by atomic mass is 16.6. The molecule has 2 N–H and O–H groups in total. The van der Waals surface area contributed by atoms with Gasteiger partial charge in [0.1, 0.15) is 12.2 Å². The number of hydrogen-bond donors (Lipinski definition) is 2. The third-order valence-electron chi connectivity index (χ3n) is 2.79. The fraction of sp³-hybridized carbons (Fsp3) is 0.529. The summed E-state index contributed by atoms with van der Waals surface area (Å²) in [5, 5.41) is 5.24. The molecule has 0 heterocycles. The summed E-state index contributed by atoms with van der Waals surface area (Å²) >= 11 is 0. The highest BCUT2D eigenvalue weighted by molar-refractivity contribution is 5.69. The van der Waals surface area contributed by atoms with Crippen LogP contribution in [-0.2, 0) is 20.8 Å². The second-order valence-electron chi connectivity index (χ2n) is 6.24. The van der Waals surface area contributed by atoms with Crippen LogP contribution in [0.3, 0.4) is 0 Å². The van der Waals surface area contributed by atoms with Gasteiger partial charge in [0.25, 0.3) is 0 Å². The number of ether oxygens (including phenoxy) is 3. The van der Waals surface area contributed by atoms with Gasteiger partial charge in [0.15, 0.2) is 0 Å². The van der Waals surface area contributed by atoms with Crippen molar-refractivity contribution in [2.75, 3.05) is 20.3 Å². The zero-order chi connectivity index (χ0) is 18.0. The predicted octanol–water partition coefficient (Wildman–Crippen LogP) is 2.45. The van der Waals surface area contributed by atoms with E-state index in [-0.39, 0.29) is 19.8 Å². The van der Waals surface area contributed by atoms with Gasteiger partial charge in [-0.05, 0) is 26.3 Å². The summed E-state index contributed by atoms with van der Waals surface area (Å²) in [4.78, 5) is 23.5. The smallest absolute Gasteiger partial charge is 0.407 e. The van der Waals surface area contributed by atoms with Gasteiger partial charge in [0, 0.05) is 13.7 Å². The number of methoxy groups -OCH3 is 1. The first-order chi connectivity index (χ1) is 11.3. The summed E-state index contributed by atoms with van der Waals surface area (Å²) in [6, 6.07) is 8.93. The highest BCUT2D eigenvalue weighted by Crippen LogP contribution is 2.06. The van der Waals surface area contributed by atoms with Crippen LogP contribution in [0.4, 0.5) is 9.59 Å². The Bertz CT molecular complexity index is 513. The van der Waals surface area contributed by atoms with Crippen LogP contribution in [-0.4, -0.2) is 44.1 Å². The maximum Gasteiger partial charge on any atom is 0.407 e. The number of carbonyl (C=O) groups excluding carboxylic acids is 2. The minimum Gasteiger partial charge on any atom is -0.445 e. The van der Waals surface area contributed by atoms with E-state index in [4.69, 9.17) is 14.2 Å². The first-order valence-electron chi connectivity index (χ1n) is 7.73. The van der Waals surface area contributed by atoms with E-state index in [9.17, 15) is 9.59 Å². The van der Waals surface area contributed by atoms with E-state index in [0.29, 0.717) is 0 Å². The zero-order valence-corrected chi connectivity index (χ0v) is 14.6. The van der Waals surface area contributed by atoms with Crippen LogP contribution >= 0.6 is 0 Å². The Hall–Kier alpha value is -2.28. The first-order valence-corrected chi connectivity index (χ1v) is 7.73. The summed E-state index contributed by atoms with van der Waals surface area (Å²) in [5.74, 6) is 0. The number of amides is 2. The summed E-state index contributed by atoms with van der Waals surface area (Å²) in [6.45, 7) is 5.90. The van der Waals surface area contributed by atoms with Crippen molar-refractivity contribution in [2.24, 2.45) is 0 Å². The Morgan fingerprint density at radius 3 is 2.38 bits per heavy atom. The second kappa shape index (κ2) is 9.77. The van der Waals surface area contributed by atoms with Gasteiger partial charge in [-0.25, -0.2) is 9.59 Å². The molecule has 0 fully saturated rings. The fourth-order valence-corrected chi connectivity index (χ4v) is 1.80. The molecule has 0 bridgehead atoms. The van der Waals surface area contributed by atoms with E-state index in [2.05, 4.69) is 10.6 Å². The van der Waals surface area contributed by atoms with Gasteiger partial charge in [-0.3, -0.25) is 0 Å². The highest BCUT2D eigenvalue weighted by Gasteiger charge is 2.18. The van der Waals surface area contributed by atoms with Crippen LogP contribution in [0.5, 0.6) is 0 Å². The number of nitrogens with one attached hydrogen (secondary N) is 2. The molecule has 1 rings (SSSR count). The van der Waals surface area contributed by atoms with Gasteiger partial charge in [-0.2, -0.15) is 0 Å². The normalized spacial score (nSPS) is 12.2. The molecule has 134 valence electrons. The molecule has 1 atom stereocenters. The van der Waals surface area contributed by atoms with Crippen molar-refractivity contribution in [1.29, 1.82) is 0 Å². The predicted molar refractivity (Wildman–Crippen MR) is 89.7 cm³/mol. The second-order valence-corrected chi connectivity index (χ2v) is 6.24. The Labute approximate surface area is 142 Å². The molecule has 0 aliphatic rings. The van der Waals surface area contributed by atoms with Crippen LogP contribution in [0.2, 0.25) is 0 Å². The number of alkyl carbamates (subject to hydrolysis) is 2. The van der Waals surface area contributed by atoms with Gasteiger partial charge >= 0.3 is 12.2 Å². The minimum absolute atomic E-state index is 0.170. The van der Waals surface area contributed by atoms with E-state index in [0.717, 1.165) is 5.56 Å². The third-order valence-corrected chi connectivity index (χ3v) is 2.79. The molecule has 0 unspecified atom stereocenters. The Morgan fingerprint density at radius 2 is 1.79 bits per heavy atom. The summed E-state index contributed by atoms with van der Waals surface area (Å²) < 4.78 is 15.3. The van der Waals surface area contributed by atoms with Crippen molar-refractivity contribution in [3.63, 3.8) is 0 Å². The van der Waals surface area contributed by atoms with E-state index in [1.54, 1.807) is 20.8 Å². The molecule has 7 nitrogen and oxygen atoms in total. The van der Waals surface area contributed by atoms with Crippen molar-refractivity contribution in [1.82, 2.24) is 10.6 Å². The Kier molecular flexibility index (Phi) is 8.05. The van der Waals surface area contributed by atoms with Crippen molar-refractivity contribution in [3.8, 4) is 0 Å². The third kappa shape index (κ3) is 8.99. The number of hydrogen-bond acceptors (Lipinski definition) is 5. The molecular formula is C17H26N2O5. The molecule has 0 saturated carbocycles. The average Bonchev–Trinajstić information content (AvgIpc) is 2.50. The molecule has 0 aliphatic heterocycles. The van der Waals surface area contributed by atoms with Crippen molar-refractivity contribution in [2.45, 2.75) is 39.0 Å². The zero-order valence-electron chi connectivity index (χ0n) is 14.6. The van der Waals surface area contributed by atoms with Gasteiger partial charge < -0.3 is 24.8 Å². The van der Waals surface area contributed by atoms with Crippen LogP contribution in [0.25, 0.3) is 0 Å².